The lowest BCUT2D eigenvalue weighted by Crippen LogP contribution is -1.96. The predicted molar refractivity (Wildman–Crippen MR) is 51.3 cm³/mol. The molecule has 0 saturated carbocycles. The van der Waals surface area contributed by atoms with Crippen molar-refractivity contribution >= 4 is 17.3 Å². The number of thiazole rings is 1. The fraction of sp³-hybridized carbons (Fsp3) is 0.125. The average molecular weight is 209 g/mol. The van der Waals surface area contributed by atoms with Crippen molar-refractivity contribution in [2.24, 2.45) is 7.05 Å². The third kappa shape index (κ3) is 1.39. The van der Waals surface area contributed by atoms with Crippen LogP contribution in [0.5, 0.6) is 0 Å². The van der Waals surface area contributed by atoms with Gasteiger partial charge in [-0.25, -0.2) is 14.8 Å². The second kappa shape index (κ2) is 3.22. The highest BCUT2D eigenvalue weighted by atomic mass is 32.1. The highest BCUT2D eigenvalue weighted by molar-refractivity contribution is 7.11. The van der Waals surface area contributed by atoms with Crippen molar-refractivity contribution in [2.75, 3.05) is 0 Å². The average Bonchev–Trinajstić information content (AvgIpc) is 2.71. The smallest absolute Gasteiger partial charge is 0.365 e. The molecule has 0 amide bonds. The van der Waals surface area contributed by atoms with Crippen LogP contribution in [0.15, 0.2) is 17.8 Å². The SMILES string of the molecule is Cn1ccnc1-c1csc(C(=O)O)n1. The lowest BCUT2D eigenvalue weighted by Gasteiger charge is -1.94. The third-order valence-electron chi connectivity index (χ3n) is 1.74. The van der Waals surface area contributed by atoms with Gasteiger partial charge in [0.2, 0.25) is 5.01 Å². The first-order chi connectivity index (χ1) is 6.68. The van der Waals surface area contributed by atoms with Crippen LogP contribution in [0.3, 0.4) is 0 Å². The molecule has 0 atom stereocenters. The molecule has 0 aliphatic carbocycles. The number of carbonyl (C=O) groups is 1. The monoisotopic (exact) mass is 209 g/mol. The molecule has 0 bridgehead atoms. The van der Waals surface area contributed by atoms with Crippen molar-refractivity contribution in [3.8, 4) is 11.5 Å². The fourth-order valence-corrected chi connectivity index (χ4v) is 1.72. The number of hydrogen-bond donors (Lipinski definition) is 1. The number of imidazole rings is 1. The van der Waals surface area contributed by atoms with Crippen LogP contribution in [0, 0.1) is 0 Å². The molecule has 14 heavy (non-hydrogen) atoms. The van der Waals surface area contributed by atoms with Gasteiger partial charge in [-0.1, -0.05) is 0 Å². The zero-order valence-corrected chi connectivity index (χ0v) is 8.15. The van der Waals surface area contributed by atoms with Crippen LogP contribution >= 0.6 is 11.3 Å². The highest BCUT2D eigenvalue weighted by Crippen LogP contribution is 2.19. The quantitative estimate of drug-likeness (QED) is 0.808. The van der Waals surface area contributed by atoms with Gasteiger partial charge in [0.05, 0.1) is 0 Å². The molecule has 0 unspecified atom stereocenters. The first-order valence-corrected chi connectivity index (χ1v) is 4.73. The minimum Gasteiger partial charge on any atom is -0.476 e. The van der Waals surface area contributed by atoms with E-state index in [9.17, 15) is 4.79 Å². The summed E-state index contributed by atoms with van der Waals surface area (Å²) in [7, 11) is 1.84. The van der Waals surface area contributed by atoms with E-state index in [1.54, 1.807) is 22.3 Å². The van der Waals surface area contributed by atoms with Gasteiger partial charge in [0.1, 0.15) is 5.69 Å². The fourth-order valence-electron chi connectivity index (χ4n) is 1.09. The standard InChI is InChI=1S/C8H7N3O2S/c1-11-3-2-9-6(11)5-4-14-7(10-5)8(12)13/h2-4H,1H3,(H,12,13). The Morgan fingerprint density at radius 3 is 2.93 bits per heavy atom. The van der Waals surface area contributed by atoms with E-state index in [0.29, 0.717) is 11.5 Å². The summed E-state index contributed by atoms with van der Waals surface area (Å²) in [5, 5.41) is 10.5. The number of aromatic carboxylic acids is 1. The van der Waals surface area contributed by atoms with E-state index in [1.165, 1.54) is 0 Å². The molecule has 72 valence electrons. The van der Waals surface area contributed by atoms with Gasteiger partial charge >= 0.3 is 5.97 Å². The first kappa shape index (κ1) is 8.89. The van der Waals surface area contributed by atoms with Gasteiger partial charge in [-0.3, -0.25) is 0 Å². The molecule has 0 fully saturated rings. The number of aryl methyl sites for hydroxylation is 1. The molecule has 0 radical (unpaired) electrons. The Labute approximate surface area is 83.7 Å². The Morgan fingerprint density at radius 1 is 1.64 bits per heavy atom. The maximum absolute atomic E-state index is 10.6. The lowest BCUT2D eigenvalue weighted by molar-refractivity contribution is 0.0696. The van der Waals surface area contributed by atoms with Crippen molar-refractivity contribution < 1.29 is 9.90 Å². The highest BCUT2D eigenvalue weighted by Gasteiger charge is 2.12. The van der Waals surface area contributed by atoms with Gasteiger partial charge in [-0.2, -0.15) is 0 Å². The summed E-state index contributed by atoms with van der Waals surface area (Å²) in [6.07, 6.45) is 3.43. The molecular weight excluding hydrogens is 202 g/mol. The predicted octanol–water partition coefficient (Wildman–Crippen LogP) is 1.24. The topological polar surface area (TPSA) is 68.0 Å². The van der Waals surface area contributed by atoms with Gasteiger partial charge in [0.15, 0.2) is 5.82 Å². The zero-order valence-electron chi connectivity index (χ0n) is 7.34. The van der Waals surface area contributed by atoms with Crippen molar-refractivity contribution in [1.82, 2.24) is 14.5 Å². The van der Waals surface area contributed by atoms with E-state index in [-0.39, 0.29) is 5.01 Å². The Bertz CT molecular complexity index is 474. The summed E-state index contributed by atoms with van der Waals surface area (Å²) in [5.41, 5.74) is 0.597. The molecule has 0 saturated heterocycles. The largest absolute Gasteiger partial charge is 0.476 e. The second-order valence-electron chi connectivity index (χ2n) is 2.70. The van der Waals surface area contributed by atoms with Gasteiger partial charge in [0, 0.05) is 24.8 Å². The van der Waals surface area contributed by atoms with E-state index < -0.39 is 5.97 Å². The third-order valence-corrected chi connectivity index (χ3v) is 2.57. The van der Waals surface area contributed by atoms with Crippen LogP contribution in [0.2, 0.25) is 0 Å². The molecule has 2 aromatic heterocycles. The maximum Gasteiger partial charge on any atom is 0.365 e. The second-order valence-corrected chi connectivity index (χ2v) is 3.56. The van der Waals surface area contributed by atoms with Crippen LogP contribution in [0.25, 0.3) is 11.5 Å². The van der Waals surface area contributed by atoms with Crippen molar-refractivity contribution in [2.45, 2.75) is 0 Å². The van der Waals surface area contributed by atoms with Crippen molar-refractivity contribution in [1.29, 1.82) is 0 Å². The van der Waals surface area contributed by atoms with Crippen LogP contribution in [-0.2, 0) is 7.05 Å². The van der Waals surface area contributed by atoms with E-state index in [1.807, 2.05) is 7.05 Å². The summed E-state index contributed by atoms with van der Waals surface area (Å²) in [6.45, 7) is 0. The minimum atomic E-state index is -1.00. The van der Waals surface area contributed by atoms with Crippen molar-refractivity contribution in [3.05, 3.63) is 22.8 Å². The minimum absolute atomic E-state index is 0.0861. The molecule has 6 heteroatoms. The zero-order chi connectivity index (χ0) is 10.1. The maximum atomic E-state index is 10.6. The van der Waals surface area contributed by atoms with E-state index in [2.05, 4.69) is 9.97 Å². The van der Waals surface area contributed by atoms with Crippen LogP contribution < -0.4 is 0 Å². The summed E-state index contributed by atoms with van der Waals surface area (Å²) in [4.78, 5) is 18.6. The van der Waals surface area contributed by atoms with Gasteiger partial charge < -0.3 is 9.67 Å². The Kier molecular flexibility index (Phi) is 2.05. The summed E-state index contributed by atoms with van der Waals surface area (Å²) >= 11 is 1.10. The molecule has 2 heterocycles. The molecular formula is C8H7N3O2S. The van der Waals surface area contributed by atoms with Crippen molar-refractivity contribution in [3.63, 3.8) is 0 Å². The molecule has 0 spiro atoms. The Hall–Kier alpha value is -1.69. The van der Waals surface area contributed by atoms with E-state index in [0.717, 1.165) is 11.3 Å². The van der Waals surface area contributed by atoms with E-state index >= 15 is 0 Å². The normalized spacial score (nSPS) is 10.4. The lowest BCUT2D eigenvalue weighted by atomic mass is 10.4. The number of aromatic nitrogens is 3. The van der Waals surface area contributed by atoms with Gasteiger partial charge in [-0.05, 0) is 0 Å². The molecule has 0 aromatic carbocycles. The number of nitrogens with zero attached hydrogens (tertiary/aromatic N) is 3. The molecule has 0 aliphatic rings. The molecule has 5 nitrogen and oxygen atoms in total. The van der Waals surface area contributed by atoms with Crippen LogP contribution in [-0.4, -0.2) is 25.6 Å². The molecule has 2 aromatic rings. The Morgan fingerprint density at radius 2 is 2.43 bits per heavy atom. The number of carboxylic acids is 1. The van der Waals surface area contributed by atoms with Gasteiger partial charge in [0.25, 0.3) is 0 Å². The van der Waals surface area contributed by atoms with Crippen LogP contribution in [0.4, 0.5) is 0 Å². The number of carboxylic acid groups (broad SMARTS) is 1. The first-order valence-electron chi connectivity index (χ1n) is 3.85. The number of rotatable bonds is 2. The Balaban J connectivity index is 2.43. The molecule has 1 N–H and O–H groups in total. The molecule has 0 aliphatic heterocycles. The molecule has 2 rings (SSSR count). The van der Waals surface area contributed by atoms with Gasteiger partial charge in [-0.15, -0.1) is 11.3 Å². The van der Waals surface area contributed by atoms with E-state index in [4.69, 9.17) is 5.11 Å². The van der Waals surface area contributed by atoms with Crippen LogP contribution in [0.1, 0.15) is 9.80 Å². The summed E-state index contributed by atoms with van der Waals surface area (Å²) in [6, 6.07) is 0. The summed E-state index contributed by atoms with van der Waals surface area (Å²) in [5.74, 6) is -0.329. The summed E-state index contributed by atoms with van der Waals surface area (Å²) < 4.78 is 1.79. The number of hydrogen-bond acceptors (Lipinski definition) is 4.